The van der Waals surface area contributed by atoms with Gasteiger partial charge in [0.25, 0.3) is 0 Å². The molecule has 1 aromatic heterocycles. The van der Waals surface area contributed by atoms with Crippen LogP contribution in [-0.4, -0.2) is 53.5 Å². The van der Waals surface area contributed by atoms with Gasteiger partial charge in [-0.1, -0.05) is 12.1 Å². The van der Waals surface area contributed by atoms with Crippen LogP contribution >= 0.6 is 0 Å². The predicted molar refractivity (Wildman–Crippen MR) is 112 cm³/mol. The first-order valence-corrected chi connectivity index (χ1v) is 10.0. The monoisotopic (exact) mass is 425 g/mol. The van der Waals surface area contributed by atoms with Gasteiger partial charge in [0.1, 0.15) is 17.9 Å². The highest BCUT2D eigenvalue weighted by Crippen LogP contribution is 2.45. The van der Waals surface area contributed by atoms with Crippen molar-refractivity contribution < 1.29 is 18.7 Å². The molecule has 0 bridgehead atoms. The molecule has 1 fully saturated rings. The number of carbonyl (C=O) groups excluding carboxylic acids is 1. The fraction of sp³-hybridized carbons (Fsp3) is 0.364. The number of esters is 1. The first kappa shape index (κ1) is 20.8. The number of nitrogens with zero attached hydrogens (tertiary/aromatic N) is 5. The summed E-state index contributed by atoms with van der Waals surface area (Å²) >= 11 is 0. The molecule has 0 aliphatic heterocycles. The van der Waals surface area contributed by atoms with E-state index in [2.05, 4.69) is 20.4 Å². The quantitative estimate of drug-likeness (QED) is 0.562. The first-order chi connectivity index (χ1) is 15.0. The Hall–Kier alpha value is -3.49. The van der Waals surface area contributed by atoms with Gasteiger partial charge in [-0.3, -0.25) is 4.79 Å². The molecule has 1 aliphatic rings. The van der Waals surface area contributed by atoms with Crippen LogP contribution in [0.2, 0.25) is 0 Å². The van der Waals surface area contributed by atoms with Gasteiger partial charge < -0.3 is 14.4 Å². The summed E-state index contributed by atoms with van der Waals surface area (Å²) in [6.45, 7) is 0. The van der Waals surface area contributed by atoms with Crippen LogP contribution in [-0.2, 0) is 9.53 Å². The predicted octanol–water partition coefficient (Wildman–Crippen LogP) is 2.98. The van der Waals surface area contributed by atoms with Crippen molar-refractivity contribution in [3.8, 4) is 11.4 Å². The molecule has 3 atom stereocenters. The number of methoxy groups -OCH3 is 2. The summed E-state index contributed by atoms with van der Waals surface area (Å²) in [6.07, 6.45) is 2.98. The van der Waals surface area contributed by atoms with E-state index < -0.39 is 0 Å². The summed E-state index contributed by atoms with van der Waals surface area (Å²) in [5.41, 5.74) is 2.54. The number of anilines is 1. The number of aromatic nitrogens is 4. The topological polar surface area (TPSA) is 82.4 Å². The number of benzene rings is 2. The minimum absolute atomic E-state index is 0.0208. The molecule has 3 aromatic rings. The van der Waals surface area contributed by atoms with Gasteiger partial charge in [0.05, 0.1) is 31.5 Å². The van der Waals surface area contributed by atoms with Crippen LogP contribution in [0.25, 0.3) is 5.69 Å². The maximum Gasteiger partial charge on any atom is 0.309 e. The van der Waals surface area contributed by atoms with Crippen LogP contribution < -0.4 is 9.64 Å². The van der Waals surface area contributed by atoms with E-state index in [1.165, 1.54) is 25.6 Å². The molecule has 2 aromatic carbocycles. The van der Waals surface area contributed by atoms with E-state index in [9.17, 15) is 9.18 Å². The van der Waals surface area contributed by atoms with E-state index in [4.69, 9.17) is 9.47 Å². The zero-order valence-corrected chi connectivity index (χ0v) is 17.6. The third-order valence-corrected chi connectivity index (χ3v) is 6.03. The second-order valence-electron chi connectivity index (χ2n) is 7.57. The van der Waals surface area contributed by atoms with Gasteiger partial charge in [-0.25, -0.2) is 9.07 Å². The van der Waals surface area contributed by atoms with Crippen molar-refractivity contribution in [1.82, 2.24) is 20.2 Å². The molecule has 9 heteroatoms. The molecule has 4 rings (SSSR count). The minimum Gasteiger partial charge on any atom is -0.495 e. The van der Waals surface area contributed by atoms with Gasteiger partial charge in [0, 0.05) is 19.0 Å². The molecular formula is C22H24FN5O3. The highest BCUT2D eigenvalue weighted by molar-refractivity contribution is 5.75. The third-order valence-electron chi connectivity index (χ3n) is 6.03. The number of halogens is 1. The molecular weight excluding hydrogens is 401 g/mol. The number of ether oxygens (including phenoxy) is 2. The van der Waals surface area contributed by atoms with E-state index in [1.807, 2.05) is 25.2 Å². The van der Waals surface area contributed by atoms with E-state index in [1.54, 1.807) is 23.9 Å². The van der Waals surface area contributed by atoms with E-state index >= 15 is 0 Å². The Kier molecular flexibility index (Phi) is 5.83. The lowest BCUT2D eigenvalue weighted by Gasteiger charge is -2.34. The van der Waals surface area contributed by atoms with Crippen molar-refractivity contribution in [2.24, 2.45) is 5.92 Å². The summed E-state index contributed by atoms with van der Waals surface area (Å²) < 4.78 is 25.8. The SMILES string of the molecule is COC(=O)[C@@H]1CC[C@H](N(C)c2cc(-n3cnnn3)ccc2OC)[C@H]1c1ccc(F)cc1. The fourth-order valence-electron chi connectivity index (χ4n) is 4.52. The smallest absolute Gasteiger partial charge is 0.309 e. The van der Waals surface area contributed by atoms with Crippen molar-refractivity contribution in [3.05, 3.63) is 60.2 Å². The molecule has 8 nitrogen and oxygen atoms in total. The maximum absolute atomic E-state index is 13.6. The highest BCUT2D eigenvalue weighted by atomic mass is 19.1. The van der Waals surface area contributed by atoms with Crippen LogP contribution in [0.4, 0.5) is 10.1 Å². The van der Waals surface area contributed by atoms with Gasteiger partial charge in [-0.05, 0) is 59.2 Å². The minimum atomic E-state index is -0.309. The Morgan fingerprint density at radius 1 is 1.16 bits per heavy atom. The van der Waals surface area contributed by atoms with Gasteiger partial charge in [0.15, 0.2) is 0 Å². The van der Waals surface area contributed by atoms with Crippen molar-refractivity contribution in [3.63, 3.8) is 0 Å². The number of tetrazole rings is 1. The highest BCUT2D eigenvalue weighted by Gasteiger charge is 2.44. The Balaban J connectivity index is 1.74. The third kappa shape index (κ3) is 3.95. The van der Waals surface area contributed by atoms with Crippen LogP contribution in [0.1, 0.15) is 24.3 Å². The molecule has 0 amide bonds. The van der Waals surface area contributed by atoms with Gasteiger partial charge >= 0.3 is 5.97 Å². The molecule has 0 unspecified atom stereocenters. The van der Waals surface area contributed by atoms with Crippen LogP contribution in [0, 0.1) is 11.7 Å². The summed E-state index contributed by atoms with van der Waals surface area (Å²) in [6, 6.07) is 12.0. The number of carbonyl (C=O) groups is 1. The molecule has 0 radical (unpaired) electrons. The van der Waals surface area contributed by atoms with Crippen molar-refractivity contribution in [2.45, 2.75) is 24.8 Å². The van der Waals surface area contributed by atoms with Crippen LogP contribution in [0.3, 0.4) is 0 Å². The normalized spacial score (nSPS) is 20.5. The molecule has 1 aliphatic carbocycles. The second kappa shape index (κ2) is 8.71. The van der Waals surface area contributed by atoms with Gasteiger partial charge in [-0.15, -0.1) is 5.10 Å². The molecule has 0 N–H and O–H groups in total. The second-order valence-corrected chi connectivity index (χ2v) is 7.57. The van der Waals surface area contributed by atoms with Crippen molar-refractivity contribution in [1.29, 1.82) is 0 Å². The number of rotatable bonds is 6. The lowest BCUT2D eigenvalue weighted by atomic mass is 9.86. The number of likely N-dealkylation sites (N-methyl/N-ethyl adjacent to an activating group) is 1. The standard InChI is InChI=1S/C22H24FN5O3/c1-27(19-12-16(8-11-20(19)30-2)28-13-24-25-26-28)18-10-9-17(22(29)31-3)21(18)14-4-6-15(23)7-5-14/h4-8,11-13,17-18,21H,9-10H2,1-3H3/t17-,18+,21+/m1/s1. The number of hydrogen-bond acceptors (Lipinski definition) is 7. The summed E-state index contributed by atoms with van der Waals surface area (Å²) in [7, 11) is 4.99. The Labute approximate surface area is 179 Å². The molecule has 0 saturated heterocycles. The molecule has 1 heterocycles. The molecule has 1 saturated carbocycles. The average Bonchev–Trinajstić information content (AvgIpc) is 3.48. The molecule has 162 valence electrons. The van der Waals surface area contributed by atoms with Crippen LogP contribution in [0.15, 0.2) is 48.8 Å². The largest absolute Gasteiger partial charge is 0.495 e. The Morgan fingerprint density at radius 3 is 2.58 bits per heavy atom. The lowest BCUT2D eigenvalue weighted by Crippen LogP contribution is -2.36. The zero-order valence-electron chi connectivity index (χ0n) is 17.6. The average molecular weight is 425 g/mol. The van der Waals surface area contributed by atoms with Gasteiger partial charge in [0.2, 0.25) is 0 Å². The van der Waals surface area contributed by atoms with E-state index in [0.717, 1.165) is 23.4 Å². The van der Waals surface area contributed by atoms with Gasteiger partial charge in [-0.2, -0.15) is 0 Å². The van der Waals surface area contributed by atoms with E-state index in [0.29, 0.717) is 12.2 Å². The van der Waals surface area contributed by atoms with Crippen molar-refractivity contribution in [2.75, 3.05) is 26.2 Å². The fourth-order valence-corrected chi connectivity index (χ4v) is 4.52. The maximum atomic E-state index is 13.6. The zero-order chi connectivity index (χ0) is 22.0. The molecule has 31 heavy (non-hydrogen) atoms. The lowest BCUT2D eigenvalue weighted by molar-refractivity contribution is -0.145. The first-order valence-electron chi connectivity index (χ1n) is 10.0. The summed E-state index contributed by atoms with van der Waals surface area (Å²) in [4.78, 5) is 14.7. The summed E-state index contributed by atoms with van der Waals surface area (Å²) in [5.74, 6) is -0.327. The van der Waals surface area contributed by atoms with Crippen LogP contribution in [0.5, 0.6) is 5.75 Å². The Morgan fingerprint density at radius 2 is 1.94 bits per heavy atom. The summed E-state index contributed by atoms with van der Waals surface area (Å²) in [5, 5.41) is 11.3. The molecule has 0 spiro atoms. The van der Waals surface area contributed by atoms with Crippen molar-refractivity contribution >= 4 is 11.7 Å². The Bertz CT molecular complexity index is 1040. The number of hydrogen-bond donors (Lipinski definition) is 0. The van der Waals surface area contributed by atoms with E-state index in [-0.39, 0.29) is 29.7 Å².